The second kappa shape index (κ2) is 9.75. The molecule has 0 atom stereocenters. The second-order valence-corrected chi connectivity index (χ2v) is 10.1. The first kappa shape index (κ1) is 26.3. The molecule has 0 bridgehead atoms. The van der Waals surface area contributed by atoms with E-state index in [9.17, 15) is 31.2 Å². The fraction of sp³-hybridized carbons (Fsp3) is 0.211. The van der Waals surface area contributed by atoms with E-state index in [1.807, 2.05) is 0 Å². The van der Waals surface area contributed by atoms with Crippen LogP contribution in [-0.2, 0) is 20.7 Å². The van der Waals surface area contributed by atoms with Gasteiger partial charge in [0.25, 0.3) is 5.91 Å². The van der Waals surface area contributed by atoms with Gasteiger partial charge < -0.3 is 4.74 Å². The predicted molar refractivity (Wildman–Crippen MR) is 121 cm³/mol. The zero-order chi connectivity index (χ0) is 26.1. The number of methoxy groups -OCH3 is 1. The van der Waals surface area contributed by atoms with Gasteiger partial charge in [-0.25, -0.2) is 17.5 Å². The Bertz CT molecular complexity index is 1430. The van der Waals surface area contributed by atoms with Gasteiger partial charge in [-0.1, -0.05) is 22.9 Å². The average molecular weight is 550 g/mol. The van der Waals surface area contributed by atoms with Gasteiger partial charge in [-0.3, -0.25) is 19.9 Å². The third-order valence-corrected chi connectivity index (χ3v) is 6.07. The molecule has 2 aromatic heterocycles. The highest BCUT2D eigenvalue weighted by molar-refractivity contribution is 7.89. The lowest BCUT2D eigenvalue weighted by Gasteiger charge is -2.14. The summed E-state index contributed by atoms with van der Waals surface area (Å²) in [5, 5.41) is 6.95. The van der Waals surface area contributed by atoms with Crippen LogP contribution < -0.4 is 14.8 Å². The molecule has 3 aromatic rings. The normalized spacial score (nSPS) is 11.7. The number of hydrogen-bond donors (Lipinski definition) is 2. The monoisotopic (exact) mass is 549 g/mol. The van der Waals surface area contributed by atoms with E-state index in [4.69, 9.17) is 16.3 Å². The van der Waals surface area contributed by atoms with Gasteiger partial charge >= 0.3 is 11.8 Å². The molecule has 2 amide bonds. The minimum atomic E-state index is -4.35. The van der Waals surface area contributed by atoms with Crippen molar-refractivity contribution in [2.75, 3.05) is 18.7 Å². The topological polar surface area (TPSA) is 140 Å². The Morgan fingerprint density at radius 3 is 2.54 bits per heavy atom. The first-order valence-electron chi connectivity index (χ1n) is 9.29. The van der Waals surface area contributed by atoms with Crippen LogP contribution in [-0.4, -0.2) is 48.8 Å². The number of ether oxygens (including phenoxy) is 1. The number of benzene rings is 1. The van der Waals surface area contributed by atoms with Gasteiger partial charge in [0.2, 0.25) is 15.2 Å². The van der Waals surface area contributed by atoms with E-state index < -0.39 is 43.7 Å². The summed E-state index contributed by atoms with van der Waals surface area (Å²) in [7, 11) is -2.97. The molecule has 186 valence electrons. The van der Waals surface area contributed by atoms with Crippen molar-refractivity contribution < 1.29 is 35.9 Å². The largest absolute Gasteiger partial charge is 0.496 e. The quantitative estimate of drug-likeness (QED) is 0.458. The Morgan fingerprint density at radius 2 is 1.91 bits per heavy atom. The van der Waals surface area contributed by atoms with Crippen molar-refractivity contribution in [1.82, 2.24) is 19.9 Å². The predicted octanol–water partition coefficient (Wildman–Crippen LogP) is 3.13. The minimum absolute atomic E-state index is 0.0504. The third kappa shape index (κ3) is 5.68. The standard InChI is InChI=1S/C19H15ClF3N5O5S2/c1-8-6-9(13-12(33-2)5-4-11(20)14(13)21)10(7-24-8)15(29)25-18-27-26-17(34-18)19(22,23)16(30)28-35(3,31)32/h4-7H,1-3H3,(H,28,30)(H,25,27,29). The van der Waals surface area contributed by atoms with Crippen LogP contribution in [0.15, 0.2) is 24.4 Å². The molecule has 0 radical (unpaired) electrons. The average Bonchev–Trinajstić information content (AvgIpc) is 3.23. The van der Waals surface area contributed by atoms with Crippen molar-refractivity contribution in [2.24, 2.45) is 0 Å². The fourth-order valence-corrected chi connectivity index (χ4v) is 4.13. The number of carbonyl (C=O) groups is 2. The first-order chi connectivity index (χ1) is 16.2. The van der Waals surface area contributed by atoms with Crippen LogP contribution >= 0.6 is 22.9 Å². The summed E-state index contributed by atoms with van der Waals surface area (Å²) in [6.07, 6.45) is 1.66. The summed E-state index contributed by atoms with van der Waals surface area (Å²) in [6.45, 7) is 1.60. The van der Waals surface area contributed by atoms with Gasteiger partial charge in [-0.15, -0.1) is 10.2 Å². The van der Waals surface area contributed by atoms with Crippen molar-refractivity contribution in [3.05, 3.63) is 51.5 Å². The van der Waals surface area contributed by atoms with E-state index in [2.05, 4.69) is 20.5 Å². The molecule has 2 N–H and O–H groups in total. The molecular weight excluding hydrogens is 535 g/mol. The van der Waals surface area contributed by atoms with Crippen molar-refractivity contribution in [2.45, 2.75) is 12.8 Å². The molecular formula is C19H15ClF3N5O5S2. The Balaban J connectivity index is 1.96. The summed E-state index contributed by atoms with van der Waals surface area (Å²) in [6, 6.07) is 4.08. The highest BCUT2D eigenvalue weighted by atomic mass is 35.5. The molecule has 2 heterocycles. The maximum atomic E-state index is 14.9. The van der Waals surface area contributed by atoms with Gasteiger partial charge in [-0.05, 0) is 25.1 Å². The number of nitrogens with zero attached hydrogens (tertiary/aromatic N) is 3. The summed E-state index contributed by atoms with van der Waals surface area (Å²) in [4.78, 5) is 28.6. The van der Waals surface area contributed by atoms with Gasteiger partial charge in [0.1, 0.15) is 5.75 Å². The molecule has 16 heteroatoms. The van der Waals surface area contributed by atoms with Crippen molar-refractivity contribution >= 4 is 49.9 Å². The number of amides is 2. The van der Waals surface area contributed by atoms with Crippen LogP contribution in [0.4, 0.5) is 18.3 Å². The van der Waals surface area contributed by atoms with E-state index in [0.29, 0.717) is 11.9 Å². The van der Waals surface area contributed by atoms with Crippen LogP contribution in [0.2, 0.25) is 5.02 Å². The molecule has 1 aromatic carbocycles. The number of nitrogens with one attached hydrogen (secondary N) is 2. The number of pyridine rings is 1. The maximum Gasteiger partial charge on any atom is 0.378 e. The number of rotatable bonds is 7. The number of alkyl halides is 2. The Kier molecular flexibility index (Phi) is 7.33. The number of sulfonamides is 1. The molecule has 0 aliphatic heterocycles. The van der Waals surface area contributed by atoms with Crippen LogP contribution in [0.25, 0.3) is 11.1 Å². The Morgan fingerprint density at radius 1 is 1.23 bits per heavy atom. The van der Waals surface area contributed by atoms with Gasteiger partial charge in [-0.2, -0.15) is 8.78 Å². The number of halogens is 4. The van der Waals surface area contributed by atoms with Crippen LogP contribution in [0, 0.1) is 12.7 Å². The molecule has 10 nitrogen and oxygen atoms in total. The van der Waals surface area contributed by atoms with E-state index in [0.717, 1.165) is 10.9 Å². The molecule has 0 aliphatic carbocycles. The second-order valence-electron chi connectivity index (χ2n) is 6.95. The van der Waals surface area contributed by atoms with Crippen LogP contribution in [0.1, 0.15) is 21.1 Å². The Labute approximate surface area is 205 Å². The minimum Gasteiger partial charge on any atom is -0.496 e. The summed E-state index contributed by atoms with van der Waals surface area (Å²) in [5.74, 6) is -8.19. The van der Waals surface area contributed by atoms with E-state index in [-0.39, 0.29) is 38.8 Å². The lowest BCUT2D eigenvalue weighted by molar-refractivity contribution is -0.144. The SMILES string of the molecule is COc1ccc(Cl)c(F)c1-c1cc(C)ncc1C(=O)Nc1nnc(C(F)(F)C(=O)NS(C)(=O)=O)s1. The van der Waals surface area contributed by atoms with Gasteiger partial charge in [0.15, 0.2) is 10.8 Å². The van der Waals surface area contributed by atoms with Gasteiger partial charge in [0.05, 0.1) is 29.5 Å². The van der Waals surface area contributed by atoms with E-state index in [1.165, 1.54) is 25.3 Å². The molecule has 0 aliphatic rings. The molecule has 0 spiro atoms. The number of hydrogen-bond acceptors (Lipinski definition) is 9. The molecule has 35 heavy (non-hydrogen) atoms. The van der Waals surface area contributed by atoms with E-state index in [1.54, 1.807) is 6.92 Å². The zero-order valence-corrected chi connectivity index (χ0v) is 20.4. The van der Waals surface area contributed by atoms with E-state index >= 15 is 0 Å². The van der Waals surface area contributed by atoms with Gasteiger partial charge in [0, 0.05) is 17.5 Å². The lowest BCUT2D eigenvalue weighted by Crippen LogP contribution is -2.40. The summed E-state index contributed by atoms with van der Waals surface area (Å²) in [5.41, 5.74) is 0.174. The molecule has 0 saturated heterocycles. The fourth-order valence-electron chi connectivity index (χ4n) is 2.80. The highest BCUT2D eigenvalue weighted by Gasteiger charge is 2.46. The first-order valence-corrected chi connectivity index (χ1v) is 12.4. The maximum absolute atomic E-state index is 14.9. The third-order valence-electron chi connectivity index (χ3n) is 4.31. The number of anilines is 1. The lowest BCUT2D eigenvalue weighted by atomic mass is 9.98. The molecule has 0 fully saturated rings. The zero-order valence-electron chi connectivity index (χ0n) is 18.0. The van der Waals surface area contributed by atoms with Crippen molar-refractivity contribution in [3.63, 3.8) is 0 Å². The van der Waals surface area contributed by atoms with Crippen molar-refractivity contribution in [1.29, 1.82) is 0 Å². The summed E-state index contributed by atoms with van der Waals surface area (Å²) >= 11 is 6.04. The summed E-state index contributed by atoms with van der Waals surface area (Å²) < 4.78 is 72.0. The van der Waals surface area contributed by atoms with Crippen LogP contribution in [0.3, 0.4) is 0 Å². The smallest absolute Gasteiger partial charge is 0.378 e. The number of carbonyl (C=O) groups excluding carboxylic acids is 2. The number of aryl methyl sites for hydroxylation is 1. The Hall–Kier alpha value is -3.30. The molecule has 3 rings (SSSR count). The van der Waals surface area contributed by atoms with Crippen LogP contribution in [0.5, 0.6) is 5.75 Å². The number of aromatic nitrogens is 3. The highest BCUT2D eigenvalue weighted by Crippen LogP contribution is 2.38. The van der Waals surface area contributed by atoms with Crippen molar-refractivity contribution in [3.8, 4) is 16.9 Å². The molecule has 0 unspecified atom stereocenters. The molecule has 0 saturated carbocycles.